The Hall–Kier alpha value is -1.41. The Kier molecular flexibility index (Phi) is 2.75. The van der Waals surface area contributed by atoms with E-state index < -0.39 is 0 Å². The highest BCUT2D eigenvalue weighted by Crippen LogP contribution is 2.15. The van der Waals surface area contributed by atoms with E-state index in [9.17, 15) is 0 Å². The van der Waals surface area contributed by atoms with Crippen LogP contribution in [0.5, 0.6) is 0 Å². The van der Waals surface area contributed by atoms with E-state index in [2.05, 4.69) is 42.5 Å². The Morgan fingerprint density at radius 1 is 1.07 bits per heavy atom. The number of hydrogen-bond donors (Lipinski definition) is 0. The first-order valence-electron chi connectivity index (χ1n) is 4.43. The number of thiocarbonyl (C=S) groups is 1. The molecule has 0 aliphatic rings. The number of hydrogen-bond acceptors (Lipinski definition) is 2. The molecule has 2 rings (SSSR count). The Morgan fingerprint density at radius 3 is 2.64 bits per heavy atom. The Balaban J connectivity index is 2.36. The summed E-state index contributed by atoms with van der Waals surface area (Å²) in [5.41, 5.74) is 2.44. The molecule has 1 nitrogen and oxygen atoms in total. The molecule has 0 radical (unpaired) electrons. The summed E-state index contributed by atoms with van der Waals surface area (Å²) < 4.78 is 5.06. The van der Waals surface area contributed by atoms with E-state index in [1.807, 2.05) is 12.1 Å². The van der Waals surface area contributed by atoms with Crippen molar-refractivity contribution in [2.24, 2.45) is 0 Å². The quantitative estimate of drug-likeness (QED) is 0.706. The summed E-state index contributed by atoms with van der Waals surface area (Å²) in [5, 5.41) is 2.48. The van der Waals surface area contributed by atoms with Crippen molar-refractivity contribution >= 4 is 28.5 Å². The fraction of sp³-hybridized carbons (Fsp3) is 0.0833. The van der Waals surface area contributed by atoms with Gasteiger partial charge in [0.05, 0.1) is 0 Å². The topological polar surface area (TPSA) is 9.23 Å². The van der Waals surface area contributed by atoms with E-state index >= 15 is 0 Å². The normalized spacial score (nSPS) is 10.0. The Morgan fingerprint density at radius 2 is 1.86 bits per heavy atom. The average Bonchev–Trinajstić information content (AvgIpc) is 2.26. The molecule has 2 aromatic rings. The minimum Gasteiger partial charge on any atom is -0.485 e. The van der Waals surface area contributed by atoms with Crippen LogP contribution in [-0.4, -0.2) is 5.55 Å². The van der Waals surface area contributed by atoms with Crippen molar-refractivity contribution in [3.8, 4) is 0 Å². The summed E-state index contributed by atoms with van der Waals surface area (Å²) in [7, 11) is 0. The van der Waals surface area contributed by atoms with Gasteiger partial charge in [0, 0.05) is 0 Å². The maximum Gasteiger partial charge on any atom is 0.146 e. The molecule has 0 heterocycles. The maximum atomic E-state index is 5.06. The van der Waals surface area contributed by atoms with Crippen LogP contribution in [0.2, 0.25) is 0 Å². The minimum absolute atomic E-state index is 0.550. The molecule has 0 atom stereocenters. The van der Waals surface area contributed by atoms with Gasteiger partial charge in [-0.25, -0.2) is 0 Å². The van der Waals surface area contributed by atoms with Gasteiger partial charge in [0.2, 0.25) is 0 Å². The molecule has 0 amide bonds. The lowest BCUT2D eigenvalue weighted by molar-refractivity contribution is 0.315. The summed E-state index contributed by atoms with van der Waals surface area (Å²) in [6.07, 6.45) is 0. The van der Waals surface area contributed by atoms with Gasteiger partial charge in [-0.2, -0.15) is 0 Å². The Bertz CT molecular complexity index is 451. The van der Waals surface area contributed by atoms with Gasteiger partial charge in [-0.1, -0.05) is 36.4 Å². The van der Waals surface area contributed by atoms with E-state index in [0.717, 1.165) is 5.56 Å². The standard InChI is InChI=1S/C12H10OS/c14-9-13-8-10-5-6-11-3-1-2-4-12(11)7-10/h1-7,9H,8H2. The summed E-state index contributed by atoms with van der Waals surface area (Å²) in [6, 6.07) is 14.5. The van der Waals surface area contributed by atoms with Crippen molar-refractivity contribution in [2.45, 2.75) is 6.61 Å². The van der Waals surface area contributed by atoms with Gasteiger partial charge >= 0.3 is 0 Å². The highest BCUT2D eigenvalue weighted by molar-refractivity contribution is 7.78. The second-order valence-electron chi connectivity index (χ2n) is 3.09. The van der Waals surface area contributed by atoms with Gasteiger partial charge in [0.1, 0.15) is 12.2 Å². The van der Waals surface area contributed by atoms with E-state index in [1.54, 1.807) is 0 Å². The number of fused-ring (bicyclic) bond motifs is 1. The molecule has 0 aromatic heterocycles. The third kappa shape index (κ3) is 1.91. The molecule has 0 unspecified atom stereocenters. The zero-order valence-corrected chi connectivity index (χ0v) is 8.46. The van der Waals surface area contributed by atoms with E-state index in [1.165, 1.54) is 16.3 Å². The number of ether oxygens (including phenoxy) is 1. The van der Waals surface area contributed by atoms with Crippen molar-refractivity contribution in [1.29, 1.82) is 0 Å². The molecule has 70 valence electrons. The molecule has 14 heavy (non-hydrogen) atoms. The van der Waals surface area contributed by atoms with Crippen molar-refractivity contribution in [3.63, 3.8) is 0 Å². The van der Waals surface area contributed by atoms with Crippen molar-refractivity contribution in [1.82, 2.24) is 0 Å². The van der Waals surface area contributed by atoms with Crippen LogP contribution in [0.1, 0.15) is 5.56 Å². The number of rotatable bonds is 3. The molecule has 2 aromatic carbocycles. The first-order chi connectivity index (χ1) is 6.90. The largest absolute Gasteiger partial charge is 0.485 e. The van der Waals surface area contributed by atoms with Crippen LogP contribution in [0.25, 0.3) is 10.8 Å². The third-order valence-electron chi connectivity index (χ3n) is 2.13. The predicted octanol–water partition coefficient (Wildman–Crippen LogP) is 3.31. The van der Waals surface area contributed by atoms with E-state index in [0.29, 0.717) is 6.61 Å². The van der Waals surface area contributed by atoms with Crippen LogP contribution in [-0.2, 0) is 11.3 Å². The molecule has 2 heteroatoms. The van der Waals surface area contributed by atoms with Gasteiger partial charge in [-0.3, -0.25) is 0 Å². The second-order valence-corrected chi connectivity index (χ2v) is 3.28. The third-order valence-corrected chi connectivity index (χ3v) is 2.27. The summed E-state index contributed by atoms with van der Waals surface area (Å²) in [5.74, 6) is 0. The highest BCUT2D eigenvalue weighted by Gasteiger charge is 1.95. The van der Waals surface area contributed by atoms with Gasteiger partial charge < -0.3 is 4.74 Å². The monoisotopic (exact) mass is 202 g/mol. The van der Waals surface area contributed by atoms with Gasteiger partial charge in [-0.15, -0.1) is 0 Å². The molecule has 0 N–H and O–H groups in total. The van der Waals surface area contributed by atoms with Crippen LogP contribution in [0.15, 0.2) is 42.5 Å². The lowest BCUT2D eigenvalue weighted by atomic mass is 10.1. The van der Waals surface area contributed by atoms with Gasteiger partial charge in [0.15, 0.2) is 0 Å². The molecule has 0 aliphatic carbocycles. The van der Waals surface area contributed by atoms with Gasteiger partial charge in [0.25, 0.3) is 0 Å². The predicted molar refractivity (Wildman–Crippen MR) is 62.4 cm³/mol. The molecule has 0 aliphatic heterocycles. The fourth-order valence-corrected chi connectivity index (χ4v) is 1.53. The zero-order chi connectivity index (χ0) is 9.80. The van der Waals surface area contributed by atoms with Crippen LogP contribution in [0, 0.1) is 0 Å². The van der Waals surface area contributed by atoms with Crippen LogP contribution in [0.4, 0.5) is 0 Å². The van der Waals surface area contributed by atoms with Crippen molar-refractivity contribution < 1.29 is 4.74 Å². The molecule has 0 fully saturated rings. The lowest BCUT2D eigenvalue weighted by Gasteiger charge is -2.02. The van der Waals surface area contributed by atoms with Crippen LogP contribution in [0.3, 0.4) is 0 Å². The summed E-state index contributed by atoms with van der Waals surface area (Å²) in [4.78, 5) is 0. The highest BCUT2D eigenvalue weighted by atomic mass is 32.1. The number of benzene rings is 2. The second kappa shape index (κ2) is 4.20. The Labute approximate surface area is 88.3 Å². The molecule has 0 saturated heterocycles. The van der Waals surface area contributed by atoms with Crippen molar-refractivity contribution in [3.05, 3.63) is 48.0 Å². The van der Waals surface area contributed by atoms with Gasteiger partial charge in [-0.05, 0) is 34.6 Å². The first-order valence-corrected chi connectivity index (χ1v) is 4.90. The lowest BCUT2D eigenvalue weighted by Crippen LogP contribution is -1.88. The average molecular weight is 202 g/mol. The molecule has 0 bridgehead atoms. The fourth-order valence-electron chi connectivity index (χ4n) is 1.46. The minimum atomic E-state index is 0.550. The van der Waals surface area contributed by atoms with Crippen LogP contribution >= 0.6 is 12.2 Å². The maximum absolute atomic E-state index is 5.06. The van der Waals surface area contributed by atoms with Crippen molar-refractivity contribution in [2.75, 3.05) is 0 Å². The summed E-state index contributed by atoms with van der Waals surface area (Å²) >= 11 is 4.60. The molecule has 0 saturated carbocycles. The van der Waals surface area contributed by atoms with E-state index in [4.69, 9.17) is 4.74 Å². The summed E-state index contributed by atoms with van der Waals surface area (Å²) in [6.45, 7) is 0.550. The zero-order valence-electron chi connectivity index (χ0n) is 7.64. The van der Waals surface area contributed by atoms with Crippen LogP contribution < -0.4 is 0 Å². The molecular weight excluding hydrogens is 192 g/mol. The SMILES string of the molecule is S=COCc1ccc2ccccc2c1. The first kappa shape index (κ1) is 9.16. The van der Waals surface area contributed by atoms with E-state index in [-0.39, 0.29) is 0 Å². The smallest absolute Gasteiger partial charge is 0.146 e. The molecular formula is C12H10OS. The molecule has 0 spiro atoms.